The van der Waals surface area contributed by atoms with Gasteiger partial charge in [-0.15, -0.1) is 0 Å². The zero-order valence-electron chi connectivity index (χ0n) is 41.5. The summed E-state index contributed by atoms with van der Waals surface area (Å²) in [4.78, 5) is 12.9. The molecule has 0 radical (unpaired) electrons. The summed E-state index contributed by atoms with van der Waals surface area (Å²) in [6.07, 6.45) is 45.6. The minimum absolute atomic E-state index is 0.0295. The molecule has 4 N–H and O–H groups in total. The number of unbranched alkanes of at least 4 members (excludes halogenated alkanes) is 25. The largest absolute Gasteiger partial charge is 0.457 e. The lowest BCUT2D eigenvalue weighted by Crippen LogP contribution is -2.60. The lowest BCUT2D eigenvalue weighted by atomic mass is 9.99. The fraction of sp³-hybridized carbons (Fsp3) is 0.830. The number of carbonyl (C=O) groups excluding carboxylic acids is 1. The highest BCUT2D eigenvalue weighted by atomic mass is 32.3. The second-order valence-corrected chi connectivity index (χ2v) is 19.2. The van der Waals surface area contributed by atoms with E-state index in [4.69, 9.17) is 18.9 Å². The average Bonchev–Trinajstić information content (AvgIpc) is 3.29. The van der Waals surface area contributed by atoms with Gasteiger partial charge >= 0.3 is 16.4 Å². The quantitative estimate of drug-likeness (QED) is 0.0197. The number of allylic oxidation sites excluding steroid dienone is 8. The Labute approximate surface area is 402 Å². The predicted molar refractivity (Wildman–Crippen MR) is 266 cm³/mol. The topological polar surface area (TPSA) is 178 Å². The van der Waals surface area contributed by atoms with E-state index in [1.54, 1.807) is 0 Å². The number of aliphatic hydroxyl groups is 3. The molecule has 13 heteroatoms. The number of hydrogen-bond acceptors (Lipinski definition) is 11. The van der Waals surface area contributed by atoms with E-state index in [1.165, 1.54) is 122 Å². The molecule has 386 valence electrons. The third-order valence-electron chi connectivity index (χ3n) is 11.9. The predicted octanol–water partition coefficient (Wildman–Crippen LogP) is 12.3. The molecule has 1 heterocycles. The standard InChI is InChI=1S/C53H96O12S/c1-3-5-7-9-11-13-15-17-19-21-23-25-27-29-31-33-35-37-39-41-43-61-45-47(46-62-53-51(57)52(65-66(58,59)60)50(56)48(44-54)64-53)63-49(55)42-40-38-36-34-32-30-28-26-24-22-20-18-16-14-12-10-8-6-4-2/h12,14,17-20,24,26,47-48,50-54,56-57H,3-11,13,15-16,21-23,25,27-46H2,1-2H3,(H,58,59,60)/b14-12-,19-17-,20-18-,26-24-. The lowest BCUT2D eigenvalue weighted by Gasteiger charge is -2.41. The Balaban J connectivity index is 2.36. The van der Waals surface area contributed by atoms with Crippen LogP contribution in [0.1, 0.15) is 219 Å². The second-order valence-electron chi connectivity index (χ2n) is 18.1. The maximum atomic E-state index is 12.9. The van der Waals surface area contributed by atoms with Crippen LogP contribution in [0.5, 0.6) is 0 Å². The van der Waals surface area contributed by atoms with Crippen LogP contribution in [0.15, 0.2) is 48.6 Å². The smallest absolute Gasteiger partial charge is 0.397 e. The van der Waals surface area contributed by atoms with E-state index in [2.05, 4.69) is 66.6 Å². The van der Waals surface area contributed by atoms with Gasteiger partial charge < -0.3 is 34.3 Å². The van der Waals surface area contributed by atoms with Crippen molar-refractivity contribution in [3.8, 4) is 0 Å². The van der Waals surface area contributed by atoms with Gasteiger partial charge in [0.15, 0.2) is 6.29 Å². The van der Waals surface area contributed by atoms with Crippen LogP contribution in [0.2, 0.25) is 0 Å². The summed E-state index contributed by atoms with van der Waals surface area (Å²) in [6, 6.07) is 0. The monoisotopic (exact) mass is 957 g/mol. The van der Waals surface area contributed by atoms with Gasteiger partial charge in [-0.2, -0.15) is 8.42 Å². The van der Waals surface area contributed by atoms with Crippen LogP contribution in [0.3, 0.4) is 0 Å². The van der Waals surface area contributed by atoms with Crippen molar-refractivity contribution in [3.63, 3.8) is 0 Å². The minimum Gasteiger partial charge on any atom is -0.457 e. The molecule has 1 saturated heterocycles. The Morgan fingerprint density at radius 2 is 1.00 bits per heavy atom. The Kier molecular flexibility index (Phi) is 41.6. The Morgan fingerprint density at radius 3 is 1.50 bits per heavy atom. The normalized spacial score (nSPS) is 19.9. The fourth-order valence-corrected chi connectivity index (χ4v) is 8.42. The van der Waals surface area contributed by atoms with Crippen molar-refractivity contribution in [2.45, 2.75) is 256 Å². The second kappa shape index (κ2) is 44.3. The van der Waals surface area contributed by atoms with Crippen LogP contribution in [0.25, 0.3) is 0 Å². The number of esters is 1. The number of aliphatic hydroxyl groups excluding tert-OH is 3. The molecular formula is C53H96O12S. The van der Waals surface area contributed by atoms with E-state index in [0.29, 0.717) is 13.0 Å². The SMILES string of the molecule is CCCCC/C=C\C/C=C\C/C=C\CCCCCCCCC(=O)OC(COCCCCCCCCCCCC/C=C\CCCCCCCC)COC1OC(CO)C(O)C(OS(=O)(=O)O)C1O. The number of ether oxygens (including phenoxy) is 4. The number of carbonyl (C=O) groups is 1. The summed E-state index contributed by atoms with van der Waals surface area (Å²) >= 11 is 0. The van der Waals surface area contributed by atoms with Gasteiger partial charge in [0.2, 0.25) is 0 Å². The van der Waals surface area contributed by atoms with E-state index in [0.717, 1.165) is 70.6 Å². The first kappa shape index (κ1) is 62.1. The van der Waals surface area contributed by atoms with Crippen LogP contribution in [0.4, 0.5) is 0 Å². The molecule has 0 aromatic carbocycles. The summed E-state index contributed by atoms with van der Waals surface area (Å²) in [5.74, 6) is -0.411. The molecule has 1 aliphatic heterocycles. The molecule has 0 bridgehead atoms. The lowest BCUT2D eigenvalue weighted by molar-refractivity contribution is -0.301. The first-order valence-electron chi connectivity index (χ1n) is 26.4. The zero-order valence-corrected chi connectivity index (χ0v) is 42.3. The summed E-state index contributed by atoms with van der Waals surface area (Å²) < 4.78 is 59.3. The van der Waals surface area contributed by atoms with Gasteiger partial charge in [-0.05, 0) is 77.0 Å². The van der Waals surface area contributed by atoms with E-state index >= 15 is 0 Å². The van der Waals surface area contributed by atoms with Crippen LogP contribution in [0, 0.1) is 0 Å². The van der Waals surface area contributed by atoms with Crippen LogP contribution >= 0.6 is 0 Å². The molecule has 6 atom stereocenters. The summed E-state index contributed by atoms with van der Waals surface area (Å²) in [5, 5.41) is 30.8. The van der Waals surface area contributed by atoms with Crippen molar-refractivity contribution < 1.29 is 56.2 Å². The highest BCUT2D eigenvalue weighted by Gasteiger charge is 2.48. The van der Waals surface area contributed by atoms with Gasteiger partial charge in [-0.1, -0.05) is 184 Å². The fourth-order valence-electron chi connectivity index (χ4n) is 7.91. The van der Waals surface area contributed by atoms with Crippen molar-refractivity contribution in [2.75, 3.05) is 26.4 Å². The van der Waals surface area contributed by atoms with Gasteiger partial charge in [0.05, 0.1) is 19.8 Å². The van der Waals surface area contributed by atoms with E-state index in [1.807, 2.05) is 0 Å². The molecule has 0 saturated carbocycles. The molecule has 66 heavy (non-hydrogen) atoms. The van der Waals surface area contributed by atoms with Crippen molar-refractivity contribution in [1.29, 1.82) is 0 Å². The number of rotatable bonds is 46. The molecule has 0 amide bonds. The zero-order chi connectivity index (χ0) is 48.2. The maximum absolute atomic E-state index is 12.9. The molecule has 12 nitrogen and oxygen atoms in total. The molecule has 1 aliphatic rings. The molecule has 1 rings (SSSR count). The third-order valence-corrected chi connectivity index (χ3v) is 12.4. The van der Waals surface area contributed by atoms with Crippen molar-refractivity contribution in [1.82, 2.24) is 0 Å². The van der Waals surface area contributed by atoms with E-state index < -0.39 is 59.8 Å². The maximum Gasteiger partial charge on any atom is 0.397 e. The van der Waals surface area contributed by atoms with Crippen molar-refractivity contribution >= 4 is 16.4 Å². The molecule has 1 fully saturated rings. The van der Waals surface area contributed by atoms with Crippen LogP contribution < -0.4 is 0 Å². The average molecular weight is 957 g/mol. The van der Waals surface area contributed by atoms with E-state index in [-0.39, 0.29) is 19.6 Å². The molecule has 6 unspecified atom stereocenters. The Morgan fingerprint density at radius 1 is 0.576 bits per heavy atom. The van der Waals surface area contributed by atoms with Gasteiger partial charge in [0.25, 0.3) is 0 Å². The Bertz CT molecular complexity index is 1340. The summed E-state index contributed by atoms with van der Waals surface area (Å²) in [7, 11) is -5.07. The molecule has 0 aliphatic carbocycles. The molecule has 0 aromatic rings. The van der Waals surface area contributed by atoms with Gasteiger partial charge in [0, 0.05) is 13.0 Å². The minimum atomic E-state index is -5.07. The molecule has 0 spiro atoms. The van der Waals surface area contributed by atoms with Crippen LogP contribution in [-0.2, 0) is 38.3 Å². The van der Waals surface area contributed by atoms with Gasteiger partial charge in [-0.3, -0.25) is 9.35 Å². The third kappa shape index (κ3) is 37.0. The van der Waals surface area contributed by atoms with Crippen molar-refractivity contribution in [3.05, 3.63) is 48.6 Å². The highest BCUT2D eigenvalue weighted by molar-refractivity contribution is 7.80. The first-order chi connectivity index (χ1) is 32.1. The summed E-state index contributed by atoms with van der Waals surface area (Å²) in [6.45, 7) is 3.96. The van der Waals surface area contributed by atoms with E-state index in [9.17, 15) is 33.1 Å². The molecular weight excluding hydrogens is 861 g/mol. The Hall–Kier alpha value is -1.94. The van der Waals surface area contributed by atoms with Gasteiger partial charge in [0.1, 0.15) is 30.5 Å². The van der Waals surface area contributed by atoms with Crippen LogP contribution in [-0.4, -0.2) is 97.5 Å². The highest BCUT2D eigenvalue weighted by Crippen LogP contribution is 2.26. The summed E-state index contributed by atoms with van der Waals surface area (Å²) in [5.41, 5.74) is 0. The van der Waals surface area contributed by atoms with Gasteiger partial charge in [-0.25, -0.2) is 4.18 Å². The van der Waals surface area contributed by atoms with Crippen molar-refractivity contribution in [2.24, 2.45) is 0 Å². The molecule has 0 aromatic heterocycles. The number of hydrogen-bond donors (Lipinski definition) is 4. The first-order valence-corrected chi connectivity index (χ1v) is 27.8.